The maximum Gasteiger partial charge on any atom is 0.191 e. The molecule has 28 heavy (non-hydrogen) atoms. The van der Waals surface area contributed by atoms with Crippen molar-refractivity contribution >= 4 is 29.9 Å². The molecule has 3 saturated heterocycles. The van der Waals surface area contributed by atoms with Gasteiger partial charge in [0.25, 0.3) is 0 Å². The van der Waals surface area contributed by atoms with Crippen molar-refractivity contribution in [2.75, 3.05) is 66.1 Å². The Balaban J connectivity index is 0.00000280. The van der Waals surface area contributed by atoms with Crippen LogP contribution in [0.5, 0.6) is 0 Å². The third kappa shape index (κ3) is 7.27. The van der Waals surface area contributed by atoms with E-state index in [0.29, 0.717) is 18.0 Å². The normalized spacial score (nSPS) is 27.9. The van der Waals surface area contributed by atoms with Crippen LogP contribution in [0.25, 0.3) is 0 Å². The Morgan fingerprint density at radius 2 is 1.96 bits per heavy atom. The van der Waals surface area contributed by atoms with Gasteiger partial charge in [0.1, 0.15) is 0 Å². The summed E-state index contributed by atoms with van der Waals surface area (Å²) in [6.45, 7) is 13.2. The molecule has 3 atom stereocenters. The molecular weight excluding hydrogens is 469 g/mol. The van der Waals surface area contributed by atoms with E-state index in [2.05, 4.69) is 39.3 Å². The highest BCUT2D eigenvalue weighted by molar-refractivity contribution is 14.0. The summed E-state index contributed by atoms with van der Waals surface area (Å²) in [6.07, 6.45) is 4.05. The van der Waals surface area contributed by atoms with Crippen LogP contribution in [-0.2, 0) is 9.47 Å². The van der Waals surface area contributed by atoms with E-state index in [1.165, 1.54) is 25.8 Å². The minimum absolute atomic E-state index is 0. The number of hydrogen-bond donors (Lipinski definition) is 2. The third-order valence-electron chi connectivity index (χ3n) is 5.99. The molecule has 0 spiro atoms. The number of hydrogen-bond acceptors (Lipinski definition) is 5. The molecule has 8 heteroatoms. The lowest BCUT2D eigenvalue weighted by molar-refractivity contribution is -0.0453. The highest BCUT2D eigenvalue weighted by Gasteiger charge is 2.32. The number of nitrogens with one attached hydrogen (secondary N) is 2. The van der Waals surface area contributed by atoms with Gasteiger partial charge in [0.05, 0.1) is 25.9 Å². The Morgan fingerprint density at radius 1 is 1.18 bits per heavy atom. The van der Waals surface area contributed by atoms with Gasteiger partial charge in [0, 0.05) is 51.9 Å². The maximum atomic E-state index is 6.05. The molecule has 0 amide bonds. The van der Waals surface area contributed by atoms with E-state index in [1.54, 1.807) is 0 Å². The predicted octanol–water partition coefficient (Wildman–Crippen LogP) is 1.38. The molecule has 3 fully saturated rings. The molecule has 0 aliphatic carbocycles. The number of morpholine rings is 2. The SMILES string of the molecule is CN=C(NCC1CN2CCCC2CO1)NCC(CC(C)C)N1CCOCC1.I. The van der Waals surface area contributed by atoms with Gasteiger partial charge in [0.15, 0.2) is 5.96 Å². The number of halogens is 1. The molecule has 3 rings (SSSR count). The van der Waals surface area contributed by atoms with Crippen molar-refractivity contribution in [3.05, 3.63) is 0 Å². The molecule has 0 saturated carbocycles. The zero-order valence-corrected chi connectivity index (χ0v) is 20.2. The Hall–Kier alpha value is -0.160. The van der Waals surface area contributed by atoms with Crippen molar-refractivity contribution in [1.29, 1.82) is 0 Å². The van der Waals surface area contributed by atoms with Crippen molar-refractivity contribution in [2.45, 2.75) is 51.3 Å². The van der Waals surface area contributed by atoms with Gasteiger partial charge < -0.3 is 20.1 Å². The van der Waals surface area contributed by atoms with E-state index in [1.807, 2.05) is 7.05 Å². The molecule has 0 aromatic heterocycles. The number of guanidine groups is 1. The van der Waals surface area contributed by atoms with Crippen molar-refractivity contribution in [1.82, 2.24) is 20.4 Å². The number of ether oxygens (including phenoxy) is 2. The first-order chi connectivity index (χ1) is 13.2. The second-order valence-corrected chi connectivity index (χ2v) is 8.51. The molecule has 3 heterocycles. The van der Waals surface area contributed by atoms with Gasteiger partial charge >= 0.3 is 0 Å². The highest BCUT2D eigenvalue weighted by Crippen LogP contribution is 2.22. The van der Waals surface area contributed by atoms with Gasteiger partial charge in [-0.15, -0.1) is 24.0 Å². The van der Waals surface area contributed by atoms with Crippen LogP contribution in [-0.4, -0.2) is 100 Å². The van der Waals surface area contributed by atoms with Crippen LogP contribution < -0.4 is 10.6 Å². The summed E-state index contributed by atoms with van der Waals surface area (Å²) in [7, 11) is 1.85. The lowest BCUT2D eigenvalue weighted by atomic mass is 10.0. The quantitative estimate of drug-likeness (QED) is 0.307. The summed E-state index contributed by atoms with van der Waals surface area (Å²) in [5, 5.41) is 7.02. The smallest absolute Gasteiger partial charge is 0.191 e. The summed E-state index contributed by atoms with van der Waals surface area (Å²) < 4.78 is 11.6. The first-order valence-electron chi connectivity index (χ1n) is 10.8. The van der Waals surface area contributed by atoms with Crippen molar-refractivity contribution in [2.24, 2.45) is 10.9 Å². The van der Waals surface area contributed by atoms with E-state index >= 15 is 0 Å². The van der Waals surface area contributed by atoms with Gasteiger partial charge in [-0.05, 0) is 31.7 Å². The molecule has 164 valence electrons. The zero-order chi connectivity index (χ0) is 19.1. The fraction of sp³-hybridized carbons (Fsp3) is 0.950. The van der Waals surface area contributed by atoms with Crippen LogP contribution in [0.1, 0.15) is 33.1 Å². The molecule has 2 N–H and O–H groups in total. The third-order valence-corrected chi connectivity index (χ3v) is 5.99. The van der Waals surface area contributed by atoms with Crippen LogP contribution >= 0.6 is 24.0 Å². The second-order valence-electron chi connectivity index (χ2n) is 8.51. The van der Waals surface area contributed by atoms with Crippen LogP contribution in [0.4, 0.5) is 0 Å². The largest absolute Gasteiger partial charge is 0.379 e. The fourth-order valence-corrected chi connectivity index (χ4v) is 4.50. The molecule has 0 aromatic rings. The molecule has 0 aromatic carbocycles. The number of nitrogens with zero attached hydrogens (tertiary/aromatic N) is 3. The molecule has 3 unspecified atom stereocenters. The molecule has 3 aliphatic heterocycles. The van der Waals surface area contributed by atoms with Gasteiger partial charge in [-0.2, -0.15) is 0 Å². The van der Waals surface area contributed by atoms with Gasteiger partial charge in [-0.25, -0.2) is 0 Å². The van der Waals surface area contributed by atoms with Crippen LogP contribution in [0.2, 0.25) is 0 Å². The Kier molecular flexibility index (Phi) is 10.8. The molecule has 0 bridgehead atoms. The first kappa shape index (κ1) is 24.1. The molecular formula is C20H40IN5O2. The predicted molar refractivity (Wildman–Crippen MR) is 125 cm³/mol. The monoisotopic (exact) mass is 509 g/mol. The summed E-state index contributed by atoms with van der Waals surface area (Å²) >= 11 is 0. The zero-order valence-electron chi connectivity index (χ0n) is 17.9. The fourth-order valence-electron chi connectivity index (χ4n) is 4.50. The summed E-state index contributed by atoms with van der Waals surface area (Å²) in [6, 6.07) is 1.17. The molecule has 0 radical (unpaired) electrons. The van der Waals surface area contributed by atoms with Crippen LogP contribution in [0, 0.1) is 5.92 Å². The van der Waals surface area contributed by atoms with Crippen LogP contribution in [0.15, 0.2) is 4.99 Å². The van der Waals surface area contributed by atoms with E-state index in [0.717, 1.165) is 58.5 Å². The Bertz CT molecular complexity index is 474. The minimum Gasteiger partial charge on any atom is -0.379 e. The second kappa shape index (κ2) is 12.5. The van der Waals surface area contributed by atoms with Crippen molar-refractivity contribution < 1.29 is 9.47 Å². The van der Waals surface area contributed by atoms with Crippen molar-refractivity contribution in [3.8, 4) is 0 Å². The highest BCUT2D eigenvalue weighted by atomic mass is 127. The van der Waals surface area contributed by atoms with E-state index < -0.39 is 0 Å². The lowest BCUT2D eigenvalue weighted by Gasteiger charge is -2.36. The van der Waals surface area contributed by atoms with Gasteiger partial charge in [-0.1, -0.05) is 13.8 Å². The first-order valence-corrected chi connectivity index (χ1v) is 10.8. The Labute approximate surface area is 188 Å². The Morgan fingerprint density at radius 3 is 2.68 bits per heavy atom. The summed E-state index contributed by atoms with van der Waals surface area (Å²) in [5.41, 5.74) is 0. The number of aliphatic imine (C=N–C) groups is 1. The van der Waals surface area contributed by atoms with E-state index in [4.69, 9.17) is 9.47 Å². The molecule has 3 aliphatic rings. The van der Waals surface area contributed by atoms with Crippen molar-refractivity contribution in [3.63, 3.8) is 0 Å². The maximum absolute atomic E-state index is 6.05. The van der Waals surface area contributed by atoms with Gasteiger partial charge in [-0.3, -0.25) is 14.8 Å². The average molecular weight is 509 g/mol. The summed E-state index contributed by atoms with van der Waals surface area (Å²) in [5.74, 6) is 1.56. The lowest BCUT2D eigenvalue weighted by Crippen LogP contribution is -2.53. The van der Waals surface area contributed by atoms with Crippen LogP contribution in [0.3, 0.4) is 0 Å². The van der Waals surface area contributed by atoms with Gasteiger partial charge in [0.2, 0.25) is 0 Å². The van der Waals surface area contributed by atoms with E-state index in [-0.39, 0.29) is 30.1 Å². The van der Waals surface area contributed by atoms with E-state index in [9.17, 15) is 0 Å². The number of rotatable bonds is 7. The average Bonchev–Trinajstić information content (AvgIpc) is 3.15. The number of fused-ring (bicyclic) bond motifs is 1. The molecule has 7 nitrogen and oxygen atoms in total. The topological polar surface area (TPSA) is 61.4 Å². The standard InChI is InChI=1S/C20H39N5O2.HI/c1-16(2)11-18(24-7-9-26-10-8-24)12-22-20(21-3)23-13-19-14-25-6-4-5-17(25)15-27-19;/h16-19H,4-15H2,1-3H3,(H2,21,22,23);1H. The summed E-state index contributed by atoms with van der Waals surface area (Å²) in [4.78, 5) is 9.56. The minimum atomic E-state index is 0.